The molecule has 0 aromatic carbocycles. The molecule has 1 atom stereocenters. The molecular formula is C13H12N4. The number of allylic oxidation sites excluding steroid dienone is 2. The lowest BCUT2D eigenvalue weighted by molar-refractivity contribution is 0.603. The lowest BCUT2D eigenvalue weighted by Crippen LogP contribution is -2.05. The summed E-state index contributed by atoms with van der Waals surface area (Å²) in [6.07, 6.45) is 10.2. The number of rotatable bonds is 1. The summed E-state index contributed by atoms with van der Waals surface area (Å²) in [5.41, 5.74) is 3.28. The van der Waals surface area contributed by atoms with Crippen LogP contribution in [0.4, 0.5) is 0 Å². The third-order valence-corrected chi connectivity index (χ3v) is 3.22. The quantitative estimate of drug-likeness (QED) is 0.747. The topological polar surface area (TPSA) is 54.0 Å². The maximum Gasteiger partial charge on any atom is 0.0921 e. The first-order valence-corrected chi connectivity index (χ1v) is 5.76. The minimum atomic E-state index is 0.170. The van der Waals surface area contributed by atoms with E-state index >= 15 is 0 Å². The highest BCUT2D eigenvalue weighted by atomic mass is 15.2. The summed E-state index contributed by atoms with van der Waals surface area (Å²) in [6, 6.07) is 4.30. The molecule has 4 heteroatoms. The van der Waals surface area contributed by atoms with E-state index in [9.17, 15) is 0 Å². The van der Waals surface area contributed by atoms with E-state index in [0.717, 1.165) is 30.5 Å². The maximum absolute atomic E-state index is 8.88. The summed E-state index contributed by atoms with van der Waals surface area (Å²) in [5, 5.41) is 13.1. The molecule has 0 saturated carbocycles. The van der Waals surface area contributed by atoms with Crippen LogP contribution in [0.25, 0.3) is 11.1 Å². The highest BCUT2D eigenvalue weighted by molar-refractivity contribution is 5.75. The zero-order valence-electron chi connectivity index (χ0n) is 9.37. The van der Waals surface area contributed by atoms with E-state index < -0.39 is 0 Å². The summed E-state index contributed by atoms with van der Waals surface area (Å²) in [4.78, 5) is 4.44. The van der Waals surface area contributed by atoms with Gasteiger partial charge in [0.1, 0.15) is 0 Å². The summed E-state index contributed by atoms with van der Waals surface area (Å²) < 4.78 is 1.83. The van der Waals surface area contributed by atoms with Crippen molar-refractivity contribution in [2.45, 2.75) is 19.3 Å². The summed E-state index contributed by atoms with van der Waals surface area (Å²) in [7, 11) is 0. The molecule has 0 amide bonds. The van der Waals surface area contributed by atoms with Crippen molar-refractivity contribution in [3.8, 4) is 6.07 Å². The predicted octanol–water partition coefficient (Wildman–Crippen LogP) is 2.44. The van der Waals surface area contributed by atoms with Crippen LogP contribution in [0.3, 0.4) is 0 Å². The Morgan fingerprint density at radius 3 is 3.12 bits per heavy atom. The van der Waals surface area contributed by atoms with E-state index in [1.807, 2.05) is 16.8 Å². The molecule has 0 bridgehead atoms. The number of nitriles is 1. The van der Waals surface area contributed by atoms with Crippen LogP contribution in [0.15, 0.2) is 30.7 Å². The standard InChI is InChI=1S/C13H12N4/c14-9-10-1-3-11(4-2-10)13-12-5-6-16-17(12)8-7-15-13/h3,5-8,10H,1-2,4H2. The van der Waals surface area contributed by atoms with Crippen molar-refractivity contribution in [2.24, 2.45) is 5.92 Å². The second-order valence-electron chi connectivity index (χ2n) is 4.27. The first kappa shape index (κ1) is 10.0. The number of hydrogen-bond acceptors (Lipinski definition) is 3. The van der Waals surface area contributed by atoms with E-state index in [-0.39, 0.29) is 5.92 Å². The zero-order chi connectivity index (χ0) is 11.7. The number of fused-ring (bicyclic) bond motifs is 1. The molecule has 84 valence electrons. The normalized spacial score (nSPS) is 19.9. The Balaban J connectivity index is 2.03. The molecule has 0 fully saturated rings. The van der Waals surface area contributed by atoms with Crippen molar-refractivity contribution >= 4 is 11.1 Å². The van der Waals surface area contributed by atoms with Crippen LogP contribution < -0.4 is 0 Å². The predicted molar refractivity (Wildman–Crippen MR) is 63.9 cm³/mol. The van der Waals surface area contributed by atoms with Gasteiger partial charge in [0.25, 0.3) is 0 Å². The smallest absolute Gasteiger partial charge is 0.0921 e. The Morgan fingerprint density at radius 2 is 2.35 bits per heavy atom. The van der Waals surface area contributed by atoms with E-state index in [1.54, 1.807) is 12.4 Å². The minimum absolute atomic E-state index is 0.170. The van der Waals surface area contributed by atoms with E-state index in [4.69, 9.17) is 5.26 Å². The van der Waals surface area contributed by atoms with Crippen LogP contribution in [0.1, 0.15) is 25.0 Å². The fourth-order valence-electron chi connectivity index (χ4n) is 2.27. The molecule has 0 N–H and O–H groups in total. The lowest BCUT2D eigenvalue weighted by atomic mass is 9.89. The van der Waals surface area contributed by atoms with Crippen molar-refractivity contribution in [3.05, 3.63) is 36.4 Å². The first-order chi connectivity index (χ1) is 8.38. The number of hydrogen-bond donors (Lipinski definition) is 0. The minimum Gasteiger partial charge on any atom is -0.253 e. The summed E-state index contributed by atoms with van der Waals surface area (Å²) in [6.45, 7) is 0. The van der Waals surface area contributed by atoms with Crippen LogP contribution in [0.5, 0.6) is 0 Å². The maximum atomic E-state index is 8.88. The molecule has 1 unspecified atom stereocenters. The van der Waals surface area contributed by atoms with Crippen LogP contribution in [0, 0.1) is 17.2 Å². The van der Waals surface area contributed by atoms with Gasteiger partial charge in [-0.25, -0.2) is 4.52 Å². The number of nitrogens with zero attached hydrogens (tertiary/aromatic N) is 4. The fraction of sp³-hybridized carbons (Fsp3) is 0.308. The van der Waals surface area contributed by atoms with Crippen LogP contribution in [-0.2, 0) is 0 Å². The highest BCUT2D eigenvalue weighted by Crippen LogP contribution is 2.30. The molecule has 2 heterocycles. The van der Waals surface area contributed by atoms with E-state index in [1.165, 1.54) is 5.57 Å². The molecule has 0 aliphatic heterocycles. The van der Waals surface area contributed by atoms with Crippen molar-refractivity contribution in [3.63, 3.8) is 0 Å². The average Bonchev–Trinajstić information content (AvgIpc) is 2.87. The van der Waals surface area contributed by atoms with E-state index in [2.05, 4.69) is 22.2 Å². The third kappa shape index (κ3) is 1.70. The van der Waals surface area contributed by atoms with Crippen LogP contribution >= 0.6 is 0 Å². The van der Waals surface area contributed by atoms with Gasteiger partial charge in [0.05, 0.1) is 29.4 Å². The Labute approximate surface area is 99.2 Å². The molecule has 17 heavy (non-hydrogen) atoms. The third-order valence-electron chi connectivity index (χ3n) is 3.22. The van der Waals surface area contributed by atoms with Crippen LogP contribution in [0.2, 0.25) is 0 Å². The molecule has 0 radical (unpaired) electrons. The highest BCUT2D eigenvalue weighted by Gasteiger charge is 2.17. The Kier molecular flexibility index (Phi) is 2.37. The average molecular weight is 224 g/mol. The van der Waals surface area contributed by atoms with Crippen molar-refractivity contribution in [1.82, 2.24) is 14.6 Å². The fourth-order valence-corrected chi connectivity index (χ4v) is 2.27. The molecule has 3 rings (SSSR count). The van der Waals surface area contributed by atoms with Gasteiger partial charge in [-0.3, -0.25) is 4.98 Å². The second kappa shape index (κ2) is 4.02. The van der Waals surface area contributed by atoms with Gasteiger partial charge in [-0.1, -0.05) is 6.08 Å². The van der Waals surface area contributed by atoms with Gasteiger partial charge in [0, 0.05) is 12.4 Å². The molecule has 0 saturated heterocycles. The Morgan fingerprint density at radius 1 is 1.41 bits per heavy atom. The molecule has 2 aromatic heterocycles. The molecule has 2 aromatic rings. The van der Waals surface area contributed by atoms with Gasteiger partial charge in [-0.05, 0) is 30.9 Å². The largest absolute Gasteiger partial charge is 0.253 e. The van der Waals surface area contributed by atoms with Gasteiger partial charge in [0.2, 0.25) is 0 Å². The molecule has 1 aliphatic rings. The zero-order valence-corrected chi connectivity index (χ0v) is 9.37. The molecule has 0 spiro atoms. The van der Waals surface area contributed by atoms with Gasteiger partial charge in [-0.15, -0.1) is 0 Å². The van der Waals surface area contributed by atoms with Gasteiger partial charge >= 0.3 is 0 Å². The van der Waals surface area contributed by atoms with Crippen molar-refractivity contribution in [1.29, 1.82) is 5.26 Å². The second-order valence-corrected chi connectivity index (χ2v) is 4.27. The monoisotopic (exact) mass is 224 g/mol. The molecule has 4 nitrogen and oxygen atoms in total. The summed E-state index contributed by atoms with van der Waals surface area (Å²) >= 11 is 0. The van der Waals surface area contributed by atoms with Crippen molar-refractivity contribution in [2.75, 3.05) is 0 Å². The molecular weight excluding hydrogens is 212 g/mol. The van der Waals surface area contributed by atoms with E-state index in [0.29, 0.717) is 0 Å². The Hall–Kier alpha value is -2.15. The summed E-state index contributed by atoms with van der Waals surface area (Å²) in [5.74, 6) is 0.170. The van der Waals surface area contributed by atoms with Crippen molar-refractivity contribution < 1.29 is 0 Å². The van der Waals surface area contributed by atoms with Crippen LogP contribution in [-0.4, -0.2) is 14.6 Å². The first-order valence-electron chi connectivity index (χ1n) is 5.76. The van der Waals surface area contributed by atoms with Gasteiger partial charge in [-0.2, -0.15) is 10.4 Å². The van der Waals surface area contributed by atoms with Gasteiger partial charge < -0.3 is 0 Å². The molecule has 1 aliphatic carbocycles. The number of aromatic nitrogens is 3. The van der Waals surface area contributed by atoms with Gasteiger partial charge in [0.15, 0.2) is 0 Å². The lowest BCUT2D eigenvalue weighted by Gasteiger charge is -2.16. The Bertz CT molecular complexity index is 618. The SMILES string of the molecule is N#CC1CC=C(c2nccn3nccc23)CC1.